The minimum Gasteiger partial charge on any atom is -0.487 e. The zero-order valence-corrected chi connectivity index (χ0v) is 16.2. The SMILES string of the molecule is O=C(ON1CCOc2c(N3CCC4(CC3)OCCO4)cccc21)c1ccccc1. The topological polar surface area (TPSA) is 60.5 Å². The summed E-state index contributed by atoms with van der Waals surface area (Å²) in [6.45, 7) is 3.93. The summed E-state index contributed by atoms with van der Waals surface area (Å²) in [5, 5.41) is 1.63. The number of carbonyl (C=O) groups excluding carboxylic acids is 1. The van der Waals surface area contributed by atoms with E-state index in [-0.39, 0.29) is 5.97 Å². The largest absolute Gasteiger partial charge is 0.487 e. The van der Waals surface area contributed by atoms with Crippen molar-refractivity contribution in [2.45, 2.75) is 18.6 Å². The molecule has 3 aliphatic heterocycles. The van der Waals surface area contributed by atoms with Crippen LogP contribution in [0, 0.1) is 0 Å². The lowest BCUT2D eigenvalue weighted by atomic mass is 10.0. The summed E-state index contributed by atoms with van der Waals surface area (Å²) < 4.78 is 17.7. The van der Waals surface area contributed by atoms with E-state index in [1.807, 2.05) is 30.3 Å². The van der Waals surface area contributed by atoms with Crippen molar-refractivity contribution in [2.24, 2.45) is 0 Å². The van der Waals surface area contributed by atoms with Gasteiger partial charge in [-0.05, 0) is 24.3 Å². The predicted octanol–water partition coefficient (Wildman–Crippen LogP) is 3.00. The summed E-state index contributed by atoms with van der Waals surface area (Å²) >= 11 is 0. The second-order valence-electron chi connectivity index (χ2n) is 7.42. The summed E-state index contributed by atoms with van der Waals surface area (Å²) in [5.41, 5.74) is 2.30. The van der Waals surface area contributed by atoms with Crippen LogP contribution in [0.25, 0.3) is 0 Å². The number of para-hydroxylation sites is 1. The standard InChI is InChI=1S/C22H24N2O5/c25-21(17-5-2-1-3-6-17)29-24-13-14-26-20-18(7-4-8-19(20)24)23-11-9-22(10-12-23)27-15-16-28-22/h1-8H,9-16H2. The third kappa shape index (κ3) is 3.52. The highest BCUT2D eigenvalue weighted by atomic mass is 16.7. The van der Waals surface area contributed by atoms with E-state index in [0.717, 1.165) is 43.1 Å². The molecular formula is C22H24N2O5. The Hall–Kier alpha value is -2.77. The molecule has 0 radical (unpaired) electrons. The Labute approximate surface area is 169 Å². The van der Waals surface area contributed by atoms with Gasteiger partial charge in [0.15, 0.2) is 11.5 Å². The third-order valence-electron chi connectivity index (χ3n) is 5.67. The molecule has 3 heterocycles. The predicted molar refractivity (Wildman–Crippen MR) is 107 cm³/mol. The lowest BCUT2D eigenvalue weighted by Gasteiger charge is -2.40. The van der Waals surface area contributed by atoms with E-state index in [1.165, 1.54) is 0 Å². The van der Waals surface area contributed by atoms with E-state index in [2.05, 4.69) is 11.0 Å². The lowest BCUT2D eigenvalue weighted by Crippen LogP contribution is -2.45. The van der Waals surface area contributed by atoms with Gasteiger partial charge in [-0.1, -0.05) is 24.3 Å². The van der Waals surface area contributed by atoms with Gasteiger partial charge >= 0.3 is 5.97 Å². The first-order valence-electron chi connectivity index (χ1n) is 10.1. The molecule has 3 aliphatic rings. The quantitative estimate of drug-likeness (QED) is 0.790. The Morgan fingerprint density at radius 1 is 0.862 bits per heavy atom. The maximum Gasteiger partial charge on any atom is 0.363 e. The fraction of sp³-hybridized carbons (Fsp3) is 0.409. The molecule has 0 unspecified atom stereocenters. The number of anilines is 2. The second kappa shape index (κ2) is 7.57. The smallest absolute Gasteiger partial charge is 0.363 e. The number of hydrogen-bond acceptors (Lipinski definition) is 7. The molecule has 0 aromatic heterocycles. The molecule has 2 aromatic carbocycles. The minimum atomic E-state index is -0.413. The number of carbonyl (C=O) groups is 1. The first-order chi connectivity index (χ1) is 14.2. The van der Waals surface area contributed by atoms with E-state index in [0.29, 0.717) is 31.9 Å². The van der Waals surface area contributed by atoms with Crippen molar-refractivity contribution in [3.05, 3.63) is 54.1 Å². The fourth-order valence-corrected chi connectivity index (χ4v) is 4.15. The van der Waals surface area contributed by atoms with Gasteiger partial charge in [-0.3, -0.25) is 0 Å². The molecule has 7 nitrogen and oxygen atoms in total. The molecular weight excluding hydrogens is 372 g/mol. The number of benzene rings is 2. The molecule has 0 amide bonds. The molecule has 2 saturated heterocycles. The van der Waals surface area contributed by atoms with E-state index >= 15 is 0 Å². The highest BCUT2D eigenvalue weighted by Gasteiger charge is 2.40. The van der Waals surface area contributed by atoms with Crippen LogP contribution in [0.2, 0.25) is 0 Å². The van der Waals surface area contributed by atoms with Gasteiger partial charge in [0.05, 0.1) is 31.0 Å². The summed E-state index contributed by atoms with van der Waals surface area (Å²) in [6, 6.07) is 15.0. The minimum absolute atomic E-state index is 0.376. The molecule has 2 fully saturated rings. The number of piperidine rings is 1. The van der Waals surface area contributed by atoms with Gasteiger partial charge in [-0.25, -0.2) is 4.79 Å². The van der Waals surface area contributed by atoms with Gasteiger partial charge in [0.1, 0.15) is 12.3 Å². The van der Waals surface area contributed by atoms with Gasteiger partial charge in [0, 0.05) is 25.9 Å². The number of ether oxygens (including phenoxy) is 3. The van der Waals surface area contributed by atoms with Crippen molar-refractivity contribution >= 4 is 17.3 Å². The van der Waals surface area contributed by atoms with Gasteiger partial charge < -0.3 is 23.9 Å². The van der Waals surface area contributed by atoms with Crippen LogP contribution in [-0.4, -0.2) is 51.2 Å². The Bertz CT molecular complexity index is 872. The van der Waals surface area contributed by atoms with Crippen molar-refractivity contribution < 1.29 is 23.8 Å². The van der Waals surface area contributed by atoms with Crippen LogP contribution in [0.15, 0.2) is 48.5 Å². The van der Waals surface area contributed by atoms with E-state index < -0.39 is 5.79 Å². The molecule has 0 bridgehead atoms. The van der Waals surface area contributed by atoms with E-state index in [9.17, 15) is 4.79 Å². The van der Waals surface area contributed by atoms with Crippen LogP contribution < -0.4 is 14.7 Å². The highest BCUT2D eigenvalue weighted by molar-refractivity contribution is 5.90. The lowest BCUT2D eigenvalue weighted by molar-refractivity contribution is -0.169. The summed E-state index contributed by atoms with van der Waals surface area (Å²) in [7, 11) is 0. The Kier molecular flexibility index (Phi) is 4.77. The molecule has 29 heavy (non-hydrogen) atoms. The molecule has 152 valence electrons. The fourth-order valence-electron chi connectivity index (χ4n) is 4.15. The molecule has 0 aliphatic carbocycles. The Morgan fingerprint density at radius 3 is 2.34 bits per heavy atom. The molecule has 5 rings (SSSR count). The Balaban J connectivity index is 1.34. The average Bonchev–Trinajstić information content (AvgIpc) is 3.23. The molecule has 0 N–H and O–H groups in total. The molecule has 7 heteroatoms. The van der Waals surface area contributed by atoms with Gasteiger partial charge in [0.25, 0.3) is 0 Å². The first-order valence-corrected chi connectivity index (χ1v) is 10.1. The molecule has 2 aromatic rings. The van der Waals surface area contributed by atoms with Crippen LogP contribution in [-0.2, 0) is 14.3 Å². The zero-order valence-electron chi connectivity index (χ0n) is 16.2. The number of rotatable bonds is 3. The molecule has 1 spiro atoms. The zero-order chi connectivity index (χ0) is 19.7. The van der Waals surface area contributed by atoms with Crippen molar-refractivity contribution in [3.63, 3.8) is 0 Å². The molecule has 0 saturated carbocycles. The summed E-state index contributed by atoms with van der Waals surface area (Å²) in [4.78, 5) is 20.5. The van der Waals surface area contributed by atoms with Crippen molar-refractivity contribution in [2.75, 3.05) is 49.4 Å². The van der Waals surface area contributed by atoms with Crippen molar-refractivity contribution in [1.29, 1.82) is 0 Å². The monoisotopic (exact) mass is 396 g/mol. The number of hydroxylamine groups is 1. The normalized spacial score (nSPS) is 20.3. The number of hydrogen-bond donors (Lipinski definition) is 0. The van der Waals surface area contributed by atoms with Gasteiger partial charge in [0.2, 0.25) is 0 Å². The van der Waals surface area contributed by atoms with Gasteiger partial charge in [-0.2, -0.15) is 5.06 Å². The van der Waals surface area contributed by atoms with Gasteiger partial charge in [-0.15, -0.1) is 0 Å². The van der Waals surface area contributed by atoms with Crippen LogP contribution in [0.1, 0.15) is 23.2 Å². The summed E-state index contributed by atoms with van der Waals surface area (Å²) in [5.74, 6) is -0.0354. The highest BCUT2D eigenvalue weighted by Crippen LogP contribution is 2.43. The van der Waals surface area contributed by atoms with Crippen molar-refractivity contribution in [3.8, 4) is 5.75 Å². The second-order valence-corrected chi connectivity index (χ2v) is 7.42. The van der Waals surface area contributed by atoms with Crippen molar-refractivity contribution in [1.82, 2.24) is 0 Å². The van der Waals surface area contributed by atoms with Crippen LogP contribution >= 0.6 is 0 Å². The van der Waals surface area contributed by atoms with E-state index in [4.69, 9.17) is 19.0 Å². The number of fused-ring (bicyclic) bond motifs is 1. The number of nitrogens with zero attached hydrogens (tertiary/aromatic N) is 2. The van der Waals surface area contributed by atoms with Crippen LogP contribution in [0.3, 0.4) is 0 Å². The first kappa shape index (κ1) is 18.3. The maximum absolute atomic E-state index is 12.5. The maximum atomic E-state index is 12.5. The molecule has 0 atom stereocenters. The Morgan fingerprint density at radius 2 is 1.59 bits per heavy atom. The van der Waals surface area contributed by atoms with Crippen LogP contribution in [0.4, 0.5) is 11.4 Å². The third-order valence-corrected chi connectivity index (χ3v) is 5.67. The average molecular weight is 396 g/mol. The van der Waals surface area contributed by atoms with Crippen LogP contribution in [0.5, 0.6) is 5.75 Å². The summed E-state index contributed by atoms with van der Waals surface area (Å²) in [6.07, 6.45) is 1.65. The van der Waals surface area contributed by atoms with E-state index in [1.54, 1.807) is 17.2 Å².